The van der Waals surface area contributed by atoms with E-state index in [2.05, 4.69) is 10.2 Å². The van der Waals surface area contributed by atoms with Crippen molar-refractivity contribution in [3.63, 3.8) is 0 Å². The van der Waals surface area contributed by atoms with Gasteiger partial charge < -0.3 is 11.1 Å². The topological polar surface area (TPSA) is 58.4 Å². The molecule has 4 nitrogen and oxygen atoms in total. The maximum absolute atomic E-state index is 13.0. The fraction of sp³-hybridized carbons (Fsp3) is 0.500. The molecule has 19 heavy (non-hydrogen) atoms. The van der Waals surface area contributed by atoms with Crippen molar-refractivity contribution < 1.29 is 9.18 Å². The van der Waals surface area contributed by atoms with E-state index in [0.717, 1.165) is 31.5 Å². The van der Waals surface area contributed by atoms with E-state index in [1.54, 1.807) is 13.1 Å². The second-order valence-corrected chi connectivity index (χ2v) is 5.01. The molecule has 0 saturated carbocycles. The van der Waals surface area contributed by atoms with Crippen molar-refractivity contribution in [1.82, 2.24) is 10.2 Å². The number of hydrogen-bond donors (Lipinski definition) is 2. The smallest absolute Gasteiger partial charge is 0.222 e. The zero-order valence-corrected chi connectivity index (χ0v) is 11.2. The van der Waals surface area contributed by atoms with Crippen molar-refractivity contribution in [2.24, 2.45) is 5.92 Å². The van der Waals surface area contributed by atoms with Gasteiger partial charge in [-0.1, -0.05) is 6.07 Å². The first-order valence-corrected chi connectivity index (χ1v) is 6.58. The van der Waals surface area contributed by atoms with Crippen molar-refractivity contribution in [2.45, 2.75) is 19.4 Å². The summed E-state index contributed by atoms with van der Waals surface area (Å²) in [5.74, 6) is -0.0627. The maximum Gasteiger partial charge on any atom is 0.222 e. The zero-order chi connectivity index (χ0) is 13.8. The molecule has 0 radical (unpaired) electrons. The predicted molar refractivity (Wildman–Crippen MR) is 72.9 cm³/mol. The number of piperidine rings is 1. The highest BCUT2D eigenvalue weighted by molar-refractivity contribution is 5.78. The first-order chi connectivity index (χ1) is 9.10. The van der Waals surface area contributed by atoms with E-state index >= 15 is 0 Å². The van der Waals surface area contributed by atoms with Crippen LogP contribution in [0.15, 0.2) is 18.2 Å². The number of carbonyl (C=O) groups excluding carboxylic acids is 1. The quantitative estimate of drug-likeness (QED) is 0.811. The molecule has 0 unspecified atom stereocenters. The van der Waals surface area contributed by atoms with Crippen LogP contribution in [0.2, 0.25) is 0 Å². The molecule has 3 N–H and O–H groups in total. The van der Waals surface area contributed by atoms with Crippen LogP contribution in [-0.2, 0) is 11.3 Å². The molecule has 0 spiro atoms. The number of benzene rings is 1. The summed E-state index contributed by atoms with van der Waals surface area (Å²) in [6.45, 7) is 2.45. The van der Waals surface area contributed by atoms with Gasteiger partial charge >= 0.3 is 0 Å². The molecule has 1 aliphatic heterocycles. The number of carbonyl (C=O) groups is 1. The summed E-state index contributed by atoms with van der Waals surface area (Å²) < 4.78 is 13.0. The first-order valence-electron chi connectivity index (χ1n) is 6.58. The van der Waals surface area contributed by atoms with Gasteiger partial charge in [-0.2, -0.15) is 0 Å². The van der Waals surface area contributed by atoms with Crippen LogP contribution in [0.5, 0.6) is 0 Å². The van der Waals surface area contributed by atoms with E-state index in [1.807, 2.05) is 0 Å². The van der Waals surface area contributed by atoms with Crippen molar-refractivity contribution in [2.75, 3.05) is 25.9 Å². The zero-order valence-electron chi connectivity index (χ0n) is 11.2. The molecular formula is C14H20FN3O. The fourth-order valence-corrected chi connectivity index (χ4v) is 2.51. The van der Waals surface area contributed by atoms with Gasteiger partial charge in [0.05, 0.1) is 0 Å². The number of anilines is 1. The lowest BCUT2D eigenvalue weighted by Gasteiger charge is -2.31. The number of amides is 1. The van der Waals surface area contributed by atoms with Crippen LogP contribution in [0, 0.1) is 11.7 Å². The van der Waals surface area contributed by atoms with E-state index < -0.39 is 0 Å². The molecule has 0 aromatic heterocycles. The third-order valence-corrected chi connectivity index (χ3v) is 3.71. The van der Waals surface area contributed by atoms with Crippen molar-refractivity contribution in [3.05, 3.63) is 29.6 Å². The Bertz CT molecular complexity index is 456. The van der Waals surface area contributed by atoms with Gasteiger partial charge in [0, 0.05) is 25.2 Å². The van der Waals surface area contributed by atoms with E-state index in [1.165, 1.54) is 12.1 Å². The minimum Gasteiger partial charge on any atom is -0.398 e. The highest BCUT2D eigenvalue weighted by Gasteiger charge is 2.24. The minimum absolute atomic E-state index is 0.117. The first kappa shape index (κ1) is 13.8. The molecule has 1 saturated heterocycles. The molecule has 0 bridgehead atoms. The average Bonchev–Trinajstić information content (AvgIpc) is 2.42. The third kappa shape index (κ3) is 3.44. The minimum atomic E-state index is -0.306. The SMILES string of the molecule is CNC(=O)C1CCN(Cc2ccc(F)cc2N)CC1. The maximum atomic E-state index is 13.0. The Balaban J connectivity index is 1.90. The standard InChI is InChI=1S/C14H20FN3O/c1-17-14(19)10-4-6-18(7-5-10)9-11-2-3-12(15)8-13(11)16/h2-3,8,10H,4-7,9,16H2,1H3,(H,17,19). The summed E-state index contributed by atoms with van der Waals surface area (Å²) in [5, 5.41) is 2.70. The predicted octanol–water partition coefficient (Wildman–Crippen LogP) is 1.37. The lowest BCUT2D eigenvalue weighted by atomic mass is 9.95. The Morgan fingerprint density at radius 3 is 2.74 bits per heavy atom. The van der Waals surface area contributed by atoms with Crippen molar-refractivity contribution >= 4 is 11.6 Å². The Morgan fingerprint density at radius 1 is 1.47 bits per heavy atom. The van der Waals surface area contributed by atoms with E-state index in [-0.39, 0.29) is 17.6 Å². The van der Waals surface area contributed by atoms with Crippen LogP contribution in [-0.4, -0.2) is 30.9 Å². The van der Waals surface area contributed by atoms with Crippen molar-refractivity contribution in [3.8, 4) is 0 Å². The van der Waals surface area contributed by atoms with Crippen LogP contribution in [0.25, 0.3) is 0 Å². The number of nitrogen functional groups attached to an aromatic ring is 1. The molecule has 1 heterocycles. The highest BCUT2D eigenvalue weighted by Crippen LogP contribution is 2.21. The normalized spacial score (nSPS) is 17.4. The van der Waals surface area contributed by atoms with Gasteiger partial charge in [-0.3, -0.25) is 9.69 Å². The van der Waals surface area contributed by atoms with Crippen LogP contribution in [0.3, 0.4) is 0 Å². The monoisotopic (exact) mass is 265 g/mol. The molecule has 1 amide bonds. The van der Waals surface area contributed by atoms with Crippen molar-refractivity contribution in [1.29, 1.82) is 0 Å². The number of nitrogens with two attached hydrogens (primary N) is 1. The third-order valence-electron chi connectivity index (χ3n) is 3.71. The second kappa shape index (κ2) is 6.02. The summed E-state index contributed by atoms with van der Waals surface area (Å²) in [7, 11) is 1.67. The van der Waals surface area contributed by atoms with Crippen LogP contribution in [0.1, 0.15) is 18.4 Å². The van der Waals surface area contributed by atoms with Crippen LogP contribution in [0.4, 0.5) is 10.1 Å². The number of halogens is 1. The summed E-state index contributed by atoms with van der Waals surface area (Å²) in [5.41, 5.74) is 7.24. The fourth-order valence-electron chi connectivity index (χ4n) is 2.51. The number of nitrogens with zero attached hydrogens (tertiary/aromatic N) is 1. The average molecular weight is 265 g/mol. The van der Waals surface area contributed by atoms with E-state index in [0.29, 0.717) is 12.2 Å². The molecule has 0 atom stereocenters. The van der Waals surface area contributed by atoms with E-state index in [9.17, 15) is 9.18 Å². The molecule has 0 aliphatic carbocycles. The van der Waals surface area contributed by atoms with Gasteiger partial charge in [0.2, 0.25) is 5.91 Å². The molecule has 1 aliphatic rings. The van der Waals surface area contributed by atoms with Gasteiger partial charge in [-0.25, -0.2) is 4.39 Å². The molecule has 104 valence electrons. The summed E-state index contributed by atoms with van der Waals surface area (Å²) in [4.78, 5) is 13.8. The van der Waals surface area contributed by atoms with Gasteiger partial charge in [0.1, 0.15) is 5.82 Å². The van der Waals surface area contributed by atoms with Gasteiger partial charge in [-0.05, 0) is 43.6 Å². The molecule has 5 heteroatoms. The second-order valence-electron chi connectivity index (χ2n) is 5.01. The summed E-state index contributed by atoms with van der Waals surface area (Å²) in [6, 6.07) is 4.52. The van der Waals surface area contributed by atoms with Crippen LogP contribution >= 0.6 is 0 Å². The van der Waals surface area contributed by atoms with E-state index in [4.69, 9.17) is 5.73 Å². The van der Waals surface area contributed by atoms with Gasteiger partial charge in [0.25, 0.3) is 0 Å². The Hall–Kier alpha value is -1.62. The number of rotatable bonds is 3. The molecule has 1 aromatic carbocycles. The lowest BCUT2D eigenvalue weighted by molar-refractivity contribution is -0.125. The molecular weight excluding hydrogens is 245 g/mol. The van der Waals surface area contributed by atoms with Crippen LogP contribution < -0.4 is 11.1 Å². The Kier molecular flexibility index (Phi) is 4.37. The number of hydrogen-bond acceptors (Lipinski definition) is 3. The summed E-state index contributed by atoms with van der Waals surface area (Å²) in [6.07, 6.45) is 1.72. The van der Waals surface area contributed by atoms with Gasteiger partial charge in [0.15, 0.2) is 0 Å². The molecule has 1 aromatic rings. The highest BCUT2D eigenvalue weighted by atomic mass is 19.1. The number of nitrogens with one attached hydrogen (secondary N) is 1. The Labute approximate surface area is 112 Å². The molecule has 2 rings (SSSR count). The number of likely N-dealkylation sites (tertiary alicyclic amines) is 1. The lowest BCUT2D eigenvalue weighted by Crippen LogP contribution is -2.39. The van der Waals surface area contributed by atoms with Gasteiger partial charge in [-0.15, -0.1) is 0 Å². The molecule has 1 fully saturated rings. The summed E-state index contributed by atoms with van der Waals surface area (Å²) >= 11 is 0. The Morgan fingerprint density at radius 2 is 2.16 bits per heavy atom. The largest absolute Gasteiger partial charge is 0.398 e.